The fraction of sp³-hybridized carbons (Fsp3) is 0.909. The number of carbonyl (C=O) groups is 1. The SMILES string of the molecule is CC1(C)CCCN(C(=O)CCCCl)C1. The Kier molecular flexibility index (Phi) is 4.24. The summed E-state index contributed by atoms with van der Waals surface area (Å²) in [4.78, 5) is 13.7. The maximum Gasteiger partial charge on any atom is 0.222 e. The number of nitrogens with zero attached hydrogens (tertiary/aromatic N) is 1. The Morgan fingerprint density at radius 1 is 1.50 bits per heavy atom. The van der Waals surface area contributed by atoms with Gasteiger partial charge >= 0.3 is 0 Å². The number of amides is 1. The number of likely N-dealkylation sites (tertiary alicyclic amines) is 1. The summed E-state index contributed by atoms with van der Waals surface area (Å²) in [6, 6.07) is 0. The van der Waals surface area contributed by atoms with Gasteiger partial charge in [-0.15, -0.1) is 11.6 Å². The summed E-state index contributed by atoms with van der Waals surface area (Å²) in [5, 5.41) is 0. The maximum atomic E-state index is 11.7. The molecule has 0 aromatic heterocycles. The van der Waals surface area contributed by atoms with Crippen LogP contribution in [0.2, 0.25) is 0 Å². The summed E-state index contributed by atoms with van der Waals surface area (Å²) < 4.78 is 0. The van der Waals surface area contributed by atoms with E-state index < -0.39 is 0 Å². The molecule has 3 heteroatoms. The lowest BCUT2D eigenvalue weighted by Gasteiger charge is -2.38. The molecule has 0 bridgehead atoms. The first kappa shape index (κ1) is 11.8. The molecule has 0 aromatic rings. The summed E-state index contributed by atoms with van der Waals surface area (Å²) >= 11 is 5.57. The van der Waals surface area contributed by atoms with Crippen LogP contribution in [0, 0.1) is 5.41 Å². The van der Waals surface area contributed by atoms with Crippen molar-refractivity contribution in [1.82, 2.24) is 4.90 Å². The van der Waals surface area contributed by atoms with Gasteiger partial charge in [0, 0.05) is 25.4 Å². The maximum absolute atomic E-state index is 11.7. The van der Waals surface area contributed by atoms with Crippen molar-refractivity contribution in [3.8, 4) is 0 Å². The smallest absolute Gasteiger partial charge is 0.222 e. The van der Waals surface area contributed by atoms with Gasteiger partial charge in [-0.1, -0.05) is 13.8 Å². The van der Waals surface area contributed by atoms with Crippen molar-refractivity contribution in [1.29, 1.82) is 0 Å². The average molecular weight is 218 g/mol. The van der Waals surface area contributed by atoms with E-state index in [0.29, 0.717) is 17.7 Å². The molecular weight excluding hydrogens is 198 g/mol. The fourth-order valence-corrected chi connectivity index (χ4v) is 2.15. The van der Waals surface area contributed by atoms with Gasteiger partial charge in [-0.3, -0.25) is 4.79 Å². The van der Waals surface area contributed by atoms with Crippen molar-refractivity contribution < 1.29 is 4.79 Å². The Morgan fingerprint density at radius 2 is 2.21 bits per heavy atom. The first-order chi connectivity index (χ1) is 6.55. The van der Waals surface area contributed by atoms with Crippen LogP contribution >= 0.6 is 11.6 Å². The monoisotopic (exact) mass is 217 g/mol. The van der Waals surface area contributed by atoms with E-state index in [0.717, 1.165) is 25.9 Å². The van der Waals surface area contributed by atoms with E-state index in [4.69, 9.17) is 11.6 Å². The topological polar surface area (TPSA) is 20.3 Å². The zero-order valence-corrected chi connectivity index (χ0v) is 9.94. The summed E-state index contributed by atoms with van der Waals surface area (Å²) in [6.07, 6.45) is 3.78. The number of alkyl halides is 1. The van der Waals surface area contributed by atoms with Crippen LogP contribution in [0.25, 0.3) is 0 Å². The molecule has 82 valence electrons. The Labute approximate surface area is 91.6 Å². The number of carbonyl (C=O) groups excluding carboxylic acids is 1. The van der Waals surface area contributed by atoms with E-state index in [-0.39, 0.29) is 5.91 Å². The predicted molar refractivity (Wildman–Crippen MR) is 59.5 cm³/mol. The standard InChI is InChI=1S/C11H20ClNO/c1-11(2)6-4-8-13(9-11)10(14)5-3-7-12/h3-9H2,1-2H3. The molecule has 1 amide bonds. The highest BCUT2D eigenvalue weighted by atomic mass is 35.5. The Morgan fingerprint density at radius 3 is 2.79 bits per heavy atom. The number of rotatable bonds is 3. The summed E-state index contributed by atoms with van der Waals surface area (Å²) in [5.74, 6) is 0.863. The van der Waals surface area contributed by atoms with Crippen molar-refractivity contribution >= 4 is 17.5 Å². The van der Waals surface area contributed by atoms with Gasteiger partial charge in [0.1, 0.15) is 0 Å². The molecule has 0 aromatic carbocycles. The summed E-state index contributed by atoms with van der Waals surface area (Å²) in [5.41, 5.74) is 0.300. The molecule has 0 radical (unpaired) electrons. The Bertz CT molecular complexity index is 203. The van der Waals surface area contributed by atoms with Gasteiger partial charge in [-0.05, 0) is 24.7 Å². The molecule has 1 heterocycles. The molecule has 0 spiro atoms. The lowest BCUT2D eigenvalue weighted by atomic mass is 9.84. The third kappa shape index (κ3) is 3.49. The second-order valence-electron chi connectivity index (χ2n) is 4.88. The highest BCUT2D eigenvalue weighted by Crippen LogP contribution is 2.28. The van der Waals surface area contributed by atoms with Gasteiger partial charge in [0.05, 0.1) is 0 Å². The van der Waals surface area contributed by atoms with Crippen LogP contribution in [-0.4, -0.2) is 29.8 Å². The van der Waals surface area contributed by atoms with E-state index in [1.807, 2.05) is 4.90 Å². The molecule has 1 rings (SSSR count). The van der Waals surface area contributed by atoms with Gasteiger partial charge in [-0.2, -0.15) is 0 Å². The van der Waals surface area contributed by atoms with E-state index in [2.05, 4.69) is 13.8 Å². The zero-order chi connectivity index (χ0) is 10.6. The molecule has 14 heavy (non-hydrogen) atoms. The number of hydrogen-bond acceptors (Lipinski definition) is 1. The average Bonchev–Trinajstić information content (AvgIpc) is 2.12. The quantitative estimate of drug-likeness (QED) is 0.666. The summed E-state index contributed by atoms with van der Waals surface area (Å²) in [6.45, 7) is 6.31. The van der Waals surface area contributed by atoms with Crippen LogP contribution in [0.3, 0.4) is 0 Å². The molecule has 1 aliphatic rings. The number of halogens is 1. The first-order valence-corrected chi connectivity index (χ1v) is 5.92. The van der Waals surface area contributed by atoms with Crippen LogP contribution < -0.4 is 0 Å². The highest BCUT2D eigenvalue weighted by Gasteiger charge is 2.28. The van der Waals surface area contributed by atoms with Crippen LogP contribution in [0.5, 0.6) is 0 Å². The van der Waals surface area contributed by atoms with E-state index in [1.165, 1.54) is 6.42 Å². The molecule has 2 nitrogen and oxygen atoms in total. The normalized spacial score (nSPS) is 20.9. The molecule has 1 saturated heterocycles. The van der Waals surface area contributed by atoms with Gasteiger partial charge in [0.15, 0.2) is 0 Å². The molecule has 0 aliphatic carbocycles. The number of hydrogen-bond donors (Lipinski definition) is 0. The molecule has 1 fully saturated rings. The molecular formula is C11H20ClNO. The second-order valence-corrected chi connectivity index (χ2v) is 5.25. The van der Waals surface area contributed by atoms with Crippen molar-refractivity contribution in [2.24, 2.45) is 5.41 Å². The van der Waals surface area contributed by atoms with Crippen LogP contribution in [0.1, 0.15) is 39.5 Å². The minimum absolute atomic E-state index is 0.276. The van der Waals surface area contributed by atoms with E-state index in [9.17, 15) is 4.79 Å². The van der Waals surface area contributed by atoms with Crippen LogP contribution in [0.15, 0.2) is 0 Å². The minimum atomic E-state index is 0.276. The van der Waals surface area contributed by atoms with Crippen molar-refractivity contribution in [3.63, 3.8) is 0 Å². The zero-order valence-electron chi connectivity index (χ0n) is 9.18. The van der Waals surface area contributed by atoms with Gasteiger partial charge < -0.3 is 4.90 Å². The van der Waals surface area contributed by atoms with Crippen LogP contribution in [-0.2, 0) is 4.79 Å². The fourth-order valence-electron chi connectivity index (χ4n) is 2.01. The lowest BCUT2D eigenvalue weighted by Crippen LogP contribution is -2.43. The highest BCUT2D eigenvalue weighted by molar-refractivity contribution is 6.17. The molecule has 0 atom stereocenters. The van der Waals surface area contributed by atoms with Crippen molar-refractivity contribution in [2.75, 3.05) is 19.0 Å². The Hall–Kier alpha value is -0.240. The van der Waals surface area contributed by atoms with E-state index in [1.54, 1.807) is 0 Å². The van der Waals surface area contributed by atoms with Crippen molar-refractivity contribution in [2.45, 2.75) is 39.5 Å². The van der Waals surface area contributed by atoms with E-state index >= 15 is 0 Å². The molecule has 0 saturated carbocycles. The third-order valence-electron chi connectivity index (χ3n) is 2.78. The second kappa shape index (κ2) is 5.01. The van der Waals surface area contributed by atoms with Gasteiger partial charge in [-0.25, -0.2) is 0 Å². The third-order valence-corrected chi connectivity index (χ3v) is 3.04. The van der Waals surface area contributed by atoms with Crippen LogP contribution in [0.4, 0.5) is 0 Å². The first-order valence-electron chi connectivity index (χ1n) is 5.39. The largest absolute Gasteiger partial charge is 0.342 e. The summed E-state index contributed by atoms with van der Waals surface area (Å²) in [7, 11) is 0. The predicted octanol–water partition coefficient (Wildman–Crippen LogP) is 2.65. The lowest BCUT2D eigenvalue weighted by molar-refractivity contribution is -0.134. The van der Waals surface area contributed by atoms with Gasteiger partial charge in [0.2, 0.25) is 5.91 Å². The molecule has 1 aliphatic heterocycles. The Balaban J connectivity index is 2.40. The van der Waals surface area contributed by atoms with Crippen molar-refractivity contribution in [3.05, 3.63) is 0 Å². The number of piperidine rings is 1. The van der Waals surface area contributed by atoms with Gasteiger partial charge in [0.25, 0.3) is 0 Å². The molecule has 0 unspecified atom stereocenters. The minimum Gasteiger partial charge on any atom is -0.342 e. The molecule has 0 N–H and O–H groups in total.